The Hall–Kier alpha value is -3.65. The number of esters is 1. The van der Waals surface area contributed by atoms with Crippen LogP contribution in [0.25, 0.3) is 0 Å². The van der Waals surface area contributed by atoms with E-state index in [-0.39, 0.29) is 17.2 Å². The van der Waals surface area contributed by atoms with Crippen molar-refractivity contribution in [3.63, 3.8) is 0 Å². The Labute approximate surface area is 209 Å². The Morgan fingerprint density at radius 2 is 1.57 bits per heavy atom. The van der Waals surface area contributed by atoms with E-state index in [1.54, 1.807) is 30.0 Å². The van der Waals surface area contributed by atoms with E-state index in [1.165, 1.54) is 39.0 Å². The SMILES string of the molecule is CCOc1ccc(C(=O)Nc2cc(OC)c(OC)cc2C(=O)OC)cc1CSc1ccc(C)cc1. The number of rotatable bonds is 10. The third-order valence-electron chi connectivity index (χ3n) is 5.22. The molecule has 0 saturated carbocycles. The summed E-state index contributed by atoms with van der Waals surface area (Å²) in [5.41, 5.74) is 2.93. The molecule has 0 radical (unpaired) electrons. The molecular formula is C27H29NO6S. The Morgan fingerprint density at radius 3 is 2.20 bits per heavy atom. The number of ether oxygens (including phenoxy) is 4. The molecule has 3 aromatic carbocycles. The average molecular weight is 496 g/mol. The molecule has 35 heavy (non-hydrogen) atoms. The fraction of sp³-hybridized carbons (Fsp3) is 0.259. The van der Waals surface area contributed by atoms with Gasteiger partial charge in [0.1, 0.15) is 5.75 Å². The zero-order valence-corrected chi connectivity index (χ0v) is 21.3. The van der Waals surface area contributed by atoms with Crippen LogP contribution < -0.4 is 19.5 Å². The highest BCUT2D eigenvalue weighted by Gasteiger charge is 2.20. The largest absolute Gasteiger partial charge is 0.494 e. The summed E-state index contributed by atoms with van der Waals surface area (Å²) in [5.74, 6) is 1.09. The Kier molecular flexibility index (Phi) is 9.03. The molecule has 0 aliphatic heterocycles. The molecule has 184 valence electrons. The lowest BCUT2D eigenvalue weighted by molar-refractivity contribution is 0.0601. The number of carbonyl (C=O) groups is 2. The highest BCUT2D eigenvalue weighted by molar-refractivity contribution is 7.98. The minimum Gasteiger partial charge on any atom is -0.494 e. The zero-order valence-electron chi connectivity index (χ0n) is 20.5. The highest BCUT2D eigenvalue weighted by atomic mass is 32.2. The summed E-state index contributed by atoms with van der Waals surface area (Å²) in [6, 6.07) is 16.6. The van der Waals surface area contributed by atoms with Crippen molar-refractivity contribution in [2.24, 2.45) is 0 Å². The monoisotopic (exact) mass is 495 g/mol. The second-order valence-electron chi connectivity index (χ2n) is 7.56. The summed E-state index contributed by atoms with van der Waals surface area (Å²) in [7, 11) is 4.22. The molecule has 1 N–H and O–H groups in total. The molecule has 0 spiro atoms. The zero-order chi connectivity index (χ0) is 25.4. The molecule has 0 aliphatic rings. The molecule has 3 rings (SSSR count). The van der Waals surface area contributed by atoms with Crippen LogP contribution in [0.3, 0.4) is 0 Å². The maximum absolute atomic E-state index is 13.2. The van der Waals surface area contributed by atoms with Gasteiger partial charge in [0.05, 0.1) is 39.2 Å². The number of nitrogens with one attached hydrogen (secondary N) is 1. The molecule has 0 bridgehead atoms. The number of methoxy groups -OCH3 is 3. The first-order valence-corrected chi connectivity index (χ1v) is 12.0. The quantitative estimate of drug-likeness (QED) is 0.284. The molecule has 0 atom stereocenters. The molecule has 0 aliphatic carbocycles. The predicted molar refractivity (Wildman–Crippen MR) is 137 cm³/mol. The number of hydrogen-bond donors (Lipinski definition) is 1. The molecule has 0 heterocycles. The summed E-state index contributed by atoms with van der Waals surface area (Å²) in [6.45, 7) is 4.48. The summed E-state index contributed by atoms with van der Waals surface area (Å²) < 4.78 is 21.3. The van der Waals surface area contributed by atoms with Crippen LogP contribution in [0.4, 0.5) is 5.69 Å². The summed E-state index contributed by atoms with van der Waals surface area (Å²) >= 11 is 1.66. The molecule has 8 heteroatoms. The standard InChI is InChI=1S/C27H29NO6S/c1-6-34-23-12-9-18(13-19(23)16-35-20-10-7-17(2)8-11-20)26(29)28-22-15-25(32-4)24(31-3)14-21(22)27(30)33-5/h7-15H,6,16H2,1-5H3,(H,28,29). The van der Waals surface area contributed by atoms with Crippen LogP contribution in [-0.2, 0) is 10.5 Å². The van der Waals surface area contributed by atoms with Crippen LogP contribution in [0.1, 0.15) is 38.8 Å². The molecular weight excluding hydrogens is 466 g/mol. The maximum atomic E-state index is 13.2. The van der Waals surface area contributed by atoms with Crippen molar-refractivity contribution in [3.05, 3.63) is 76.9 Å². The number of amides is 1. The van der Waals surface area contributed by atoms with Gasteiger partial charge in [0.25, 0.3) is 5.91 Å². The van der Waals surface area contributed by atoms with Gasteiger partial charge in [0.2, 0.25) is 0 Å². The van der Waals surface area contributed by atoms with Gasteiger partial charge in [0.15, 0.2) is 11.5 Å². The van der Waals surface area contributed by atoms with Gasteiger partial charge >= 0.3 is 5.97 Å². The molecule has 0 unspecified atom stereocenters. The van der Waals surface area contributed by atoms with Crippen LogP contribution in [0, 0.1) is 6.92 Å². The minimum absolute atomic E-state index is 0.152. The Bertz CT molecular complexity index is 1190. The van der Waals surface area contributed by atoms with E-state index >= 15 is 0 Å². The topological polar surface area (TPSA) is 83.1 Å². The number of hydrogen-bond acceptors (Lipinski definition) is 7. The van der Waals surface area contributed by atoms with Crippen molar-refractivity contribution in [1.29, 1.82) is 0 Å². The number of anilines is 1. The third kappa shape index (κ3) is 6.48. The van der Waals surface area contributed by atoms with Crippen LogP contribution in [-0.4, -0.2) is 39.8 Å². The lowest BCUT2D eigenvalue weighted by Gasteiger charge is -2.16. The Balaban J connectivity index is 1.89. The van der Waals surface area contributed by atoms with Gasteiger partial charge in [-0.15, -0.1) is 11.8 Å². The predicted octanol–water partition coefficient (Wildman–Crippen LogP) is 5.74. The lowest BCUT2D eigenvalue weighted by Crippen LogP contribution is -2.16. The number of carbonyl (C=O) groups excluding carboxylic acids is 2. The third-order valence-corrected chi connectivity index (χ3v) is 6.28. The van der Waals surface area contributed by atoms with Gasteiger partial charge in [-0.05, 0) is 44.2 Å². The van der Waals surface area contributed by atoms with Gasteiger partial charge in [-0.3, -0.25) is 4.79 Å². The second-order valence-corrected chi connectivity index (χ2v) is 8.60. The van der Waals surface area contributed by atoms with Crippen LogP contribution in [0.15, 0.2) is 59.5 Å². The fourth-order valence-electron chi connectivity index (χ4n) is 3.38. The van der Waals surface area contributed by atoms with Crippen molar-refractivity contribution in [3.8, 4) is 17.2 Å². The van der Waals surface area contributed by atoms with Crippen LogP contribution >= 0.6 is 11.8 Å². The van der Waals surface area contributed by atoms with Gasteiger partial charge in [-0.1, -0.05) is 17.7 Å². The Morgan fingerprint density at radius 1 is 0.886 bits per heavy atom. The molecule has 1 amide bonds. The van der Waals surface area contributed by atoms with Crippen molar-refractivity contribution >= 4 is 29.3 Å². The first-order valence-electron chi connectivity index (χ1n) is 11.0. The van der Waals surface area contributed by atoms with E-state index in [9.17, 15) is 9.59 Å². The van der Waals surface area contributed by atoms with E-state index < -0.39 is 5.97 Å². The van der Waals surface area contributed by atoms with Crippen molar-refractivity contribution < 1.29 is 28.5 Å². The first-order chi connectivity index (χ1) is 16.9. The molecule has 0 fully saturated rings. The van der Waals surface area contributed by atoms with Crippen LogP contribution in [0.2, 0.25) is 0 Å². The van der Waals surface area contributed by atoms with E-state index in [4.69, 9.17) is 18.9 Å². The van der Waals surface area contributed by atoms with E-state index in [0.29, 0.717) is 29.4 Å². The summed E-state index contributed by atoms with van der Waals surface area (Å²) in [5, 5.41) is 2.80. The van der Waals surface area contributed by atoms with Crippen molar-refractivity contribution in [2.75, 3.05) is 33.3 Å². The molecule has 0 saturated heterocycles. The average Bonchev–Trinajstić information content (AvgIpc) is 2.88. The number of thioether (sulfide) groups is 1. The first kappa shape index (κ1) is 26.0. The number of aryl methyl sites for hydroxylation is 1. The van der Waals surface area contributed by atoms with Crippen molar-refractivity contribution in [2.45, 2.75) is 24.5 Å². The summed E-state index contributed by atoms with van der Waals surface area (Å²) in [4.78, 5) is 26.6. The normalized spacial score (nSPS) is 10.4. The van der Waals surface area contributed by atoms with Gasteiger partial charge in [-0.25, -0.2) is 4.79 Å². The van der Waals surface area contributed by atoms with E-state index in [0.717, 1.165) is 16.2 Å². The minimum atomic E-state index is -0.608. The number of benzene rings is 3. The summed E-state index contributed by atoms with van der Waals surface area (Å²) in [6.07, 6.45) is 0. The van der Waals surface area contributed by atoms with E-state index in [1.807, 2.05) is 13.8 Å². The maximum Gasteiger partial charge on any atom is 0.340 e. The molecule has 0 aromatic heterocycles. The van der Waals surface area contributed by atoms with E-state index in [2.05, 4.69) is 29.6 Å². The van der Waals surface area contributed by atoms with Crippen LogP contribution in [0.5, 0.6) is 17.2 Å². The van der Waals surface area contributed by atoms with Gasteiger partial charge < -0.3 is 24.3 Å². The van der Waals surface area contributed by atoms with Crippen molar-refractivity contribution in [1.82, 2.24) is 0 Å². The highest BCUT2D eigenvalue weighted by Crippen LogP contribution is 2.34. The second kappa shape index (κ2) is 12.2. The fourth-order valence-corrected chi connectivity index (χ4v) is 4.26. The molecule has 7 nitrogen and oxygen atoms in total. The lowest BCUT2D eigenvalue weighted by atomic mass is 10.1. The molecule has 3 aromatic rings. The van der Waals surface area contributed by atoms with Gasteiger partial charge in [0, 0.05) is 33.9 Å². The smallest absolute Gasteiger partial charge is 0.340 e. The van der Waals surface area contributed by atoms with Gasteiger partial charge in [-0.2, -0.15) is 0 Å².